The van der Waals surface area contributed by atoms with Gasteiger partial charge in [-0.3, -0.25) is 4.79 Å². The average molecular weight is 260 g/mol. The highest BCUT2D eigenvalue weighted by atomic mass is 19.4. The van der Waals surface area contributed by atoms with Crippen LogP contribution < -0.4 is 10.6 Å². The van der Waals surface area contributed by atoms with Crippen LogP contribution in [0.1, 0.15) is 13.3 Å². The lowest BCUT2D eigenvalue weighted by molar-refractivity contribution is -0.160. The molecule has 3 nitrogen and oxygen atoms in total. The molecule has 0 heterocycles. The van der Waals surface area contributed by atoms with Gasteiger partial charge in [-0.2, -0.15) is 13.2 Å². The maximum atomic E-state index is 12.6. The van der Waals surface area contributed by atoms with Crippen molar-refractivity contribution in [3.8, 4) is 0 Å². The zero-order valence-electron chi connectivity index (χ0n) is 9.92. The van der Waals surface area contributed by atoms with Crippen LogP contribution in [0, 0.1) is 0 Å². The molecule has 18 heavy (non-hydrogen) atoms. The van der Waals surface area contributed by atoms with E-state index in [4.69, 9.17) is 0 Å². The van der Waals surface area contributed by atoms with Gasteiger partial charge < -0.3 is 10.6 Å². The minimum Gasteiger partial charge on any atom is -0.326 e. The summed E-state index contributed by atoms with van der Waals surface area (Å²) < 4.78 is 37.7. The van der Waals surface area contributed by atoms with Crippen LogP contribution in [0.4, 0.5) is 18.9 Å². The summed E-state index contributed by atoms with van der Waals surface area (Å²) in [5.74, 6) is -0.663. The van der Waals surface area contributed by atoms with E-state index in [9.17, 15) is 18.0 Å². The first-order chi connectivity index (χ1) is 8.43. The Morgan fingerprint density at radius 3 is 2.39 bits per heavy atom. The Morgan fingerprint density at radius 1 is 1.28 bits per heavy atom. The van der Waals surface area contributed by atoms with E-state index in [1.165, 1.54) is 0 Å². The molecule has 0 aliphatic carbocycles. The van der Waals surface area contributed by atoms with Crippen molar-refractivity contribution in [1.29, 1.82) is 0 Å². The Labute approximate surface area is 103 Å². The summed E-state index contributed by atoms with van der Waals surface area (Å²) in [6.07, 6.45) is -5.06. The molecule has 0 fully saturated rings. The number of carbonyl (C=O) groups is 1. The van der Waals surface area contributed by atoms with Crippen molar-refractivity contribution in [2.24, 2.45) is 0 Å². The fourth-order valence-electron chi connectivity index (χ4n) is 1.47. The number of benzene rings is 1. The molecule has 1 unspecified atom stereocenters. The van der Waals surface area contributed by atoms with Crippen molar-refractivity contribution < 1.29 is 18.0 Å². The molecule has 2 N–H and O–H groups in total. The van der Waals surface area contributed by atoms with Crippen LogP contribution in [0.25, 0.3) is 0 Å². The summed E-state index contributed by atoms with van der Waals surface area (Å²) in [5, 5.41) is 4.68. The van der Waals surface area contributed by atoms with E-state index < -0.39 is 24.5 Å². The summed E-state index contributed by atoms with van der Waals surface area (Å²) in [4.78, 5) is 11.5. The van der Waals surface area contributed by atoms with Crippen LogP contribution in [0.5, 0.6) is 0 Å². The predicted molar refractivity (Wildman–Crippen MR) is 63.2 cm³/mol. The average Bonchev–Trinajstić information content (AvgIpc) is 2.28. The predicted octanol–water partition coefficient (Wildman–Crippen LogP) is 2.56. The van der Waals surface area contributed by atoms with Gasteiger partial charge in [0.2, 0.25) is 5.91 Å². The van der Waals surface area contributed by atoms with E-state index in [-0.39, 0.29) is 6.54 Å². The van der Waals surface area contributed by atoms with Crippen LogP contribution in [-0.4, -0.2) is 24.7 Å². The van der Waals surface area contributed by atoms with Crippen LogP contribution >= 0.6 is 0 Å². The van der Waals surface area contributed by atoms with E-state index in [1.807, 2.05) is 0 Å². The third kappa shape index (κ3) is 4.75. The number of nitrogens with one attached hydrogen (secondary N) is 2. The standard InChI is InChI=1S/C12H15F3N2O/c1-2-16-10(12(13,14)15)8-11(18)17-9-6-4-3-5-7-9/h3-7,10,16H,2,8H2,1H3,(H,17,18). The summed E-state index contributed by atoms with van der Waals surface area (Å²) in [6.45, 7) is 1.72. The molecule has 0 bridgehead atoms. The maximum absolute atomic E-state index is 12.6. The number of hydrogen-bond donors (Lipinski definition) is 2. The lowest BCUT2D eigenvalue weighted by atomic mass is 10.2. The van der Waals surface area contributed by atoms with Crippen molar-refractivity contribution >= 4 is 11.6 Å². The Morgan fingerprint density at radius 2 is 1.89 bits per heavy atom. The van der Waals surface area contributed by atoms with E-state index in [0.717, 1.165) is 0 Å². The first-order valence-electron chi connectivity index (χ1n) is 5.58. The monoisotopic (exact) mass is 260 g/mol. The van der Waals surface area contributed by atoms with Crippen molar-refractivity contribution in [2.75, 3.05) is 11.9 Å². The number of rotatable bonds is 5. The minimum absolute atomic E-state index is 0.156. The zero-order chi connectivity index (χ0) is 13.6. The summed E-state index contributed by atoms with van der Waals surface area (Å²) in [7, 11) is 0. The fourth-order valence-corrected chi connectivity index (χ4v) is 1.47. The normalized spacial score (nSPS) is 13.1. The maximum Gasteiger partial charge on any atom is 0.404 e. The van der Waals surface area contributed by atoms with Gasteiger partial charge in [0.05, 0.1) is 6.42 Å². The number of alkyl halides is 3. The smallest absolute Gasteiger partial charge is 0.326 e. The lowest BCUT2D eigenvalue weighted by Crippen LogP contribution is -2.44. The Kier molecular flexibility index (Phi) is 5.15. The molecule has 6 heteroatoms. The molecular formula is C12H15F3N2O. The minimum atomic E-state index is -4.43. The molecule has 1 amide bonds. The molecule has 1 aromatic rings. The third-order valence-electron chi connectivity index (χ3n) is 2.29. The Balaban J connectivity index is 2.57. The highest BCUT2D eigenvalue weighted by Crippen LogP contribution is 2.22. The molecule has 1 aromatic carbocycles. The third-order valence-corrected chi connectivity index (χ3v) is 2.29. The Hall–Kier alpha value is -1.56. The van der Waals surface area contributed by atoms with E-state index in [2.05, 4.69) is 10.6 Å². The van der Waals surface area contributed by atoms with E-state index in [1.54, 1.807) is 37.3 Å². The number of hydrogen-bond acceptors (Lipinski definition) is 2. The van der Waals surface area contributed by atoms with Crippen molar-refractivity contribution in [3.63, 3.8) is 0 Å². The molecule has 0 saturated carbocycles. The number of para-hydroxylation sites is 1. The fraction of sp³-hybridized carbons (Fsp3) is 0.417. The highest BCUT2D eigenvalue weighted by molar-refractivity contribution is 5.91. The van der Waals surface area contributed by atoms with Crippen molar-refractivity contribution in [1.82, 2.24) is 5.32 Å². The number of carbonyl (C=O) groups excluding carboxylic acids is 1. The van der Waals surface area contributed by atoms with Gasteiger partial charge in [0.25, 0.3) is 0 Å². The Bertz CT molecular complexity index is 379. The summed E-state index contributed by atoms with van der Waals surface area (Å²) in [5.41, 5.74) is 0.486. The molecular weight excluding hydrogens is 245 g/mol. The molecule has 1 rings (SSSR count). The van der Waals surface area contributed by atoms with Gasteiger partial charge in [0.15, 0.2) is 0 Å². The molecule has 0 spiro atoms. The molecule has 100 valence electrons. The summed E-state index contributed by atoms with van der Waals surface area (Å²) in [6, 6.07) is 6.57. The number of amides is 1. The second-order valence-corrected chi connectivity index (χ2v) is 3.77. The first kappa shape index (κ1) is 14.5. The molecule has 1 atom stereocenters. The lowest BCUT2D eigenvalue weighted by Gasteiger charge is -2.20. The molecule has 0 saturated heterocycles. The largest absolute Gasteiger partial charge is 0.404 e. The van der Waals surface area contributed by atoms with Crippen LogP contribution in [0.2, 0.25) is 0 Å². The van der Waals surface area contributed by atoms with Crippen molar-refractivity contribution in [3.05, 3.63) is 30.3 Å². The van der Waals surface area contributed by atoms with E-state index in [0.29, 0.717) is 5.69 Å². The molecule has 0 radical (unpaired) electrons. The number of anilines is 1. The second-order valence-electron chi connectivity index (χ2n) is 3.77. The molecule has 0 aromatic heterocycles. The number of halogens is 3. The van der Waals surface area contributed by atoms with Gasteiger partial charge in [-0.15, -0.1) is 0 Å². The van der Waals surface area contributed by atoms with Crippen LogP contribution in [0.3, 0.4) is 0 Å². The van der Waals surface area contributed by atoms with Gasteiger partial charge in [0, 0.05) is 5.69 Å². The quantitative estimate of drug-likeness (QED) is 0.854. The molecule has 0 aliphatic heterocycles. The van der Waals surface area contributed by atoms with Crippen LogP contribution in [0.15, 0.2) is 30.3 Å². The van der Waals surface area contributed by atoms with Gasteiger partial charge in [0.1, 0.15) is 6.04 Å². The summed E-state index contributed by atoms with van der Waals surface area (Å²) >= 11 is 0. The van der Waals surface area contributed by atoms with Gasteiger partial charge in [-0.1, -0.05) is 25.1 Å². The topological polar surface area (TPSA) is 41.1 Å². The molecule has 0 aliphatic rings. The van der Waals surface area contributed by atoms with E-state index >= 15 is 0 Å². The van der Waals surface area contributed by atoms with Crippen molar-refractivity contribution in [2.45, 2.75) is 25.6 Å². The highest BCUT2D eigenvalue weighted by Gasteiger charge is 2.40. The van der Waals surface area contributed by atoms with Crippen LogP contribution in [-0.2, 0) is 4.79 Å². The zero-order valence-corrected chi connectivity index (χ0v) is 9.92. The van der Waals surface area contributed by atoms with Gasteiger partial charge in [-0.25, -0.2) is 0 Å². The van der Waals surface area contributed by atoms with Gasteiger partial charge in [-0.05, 0) is 18.7 Å². The first-order valence-corrected chi connectivity index (χ1v) is 5.58. The second kappa shape index (κ2) is 6.39. The SMILES string of the molecule is CCNC(CC(=O)Nc1ccccc1)C(F)(F)F. The van der Waals surface area contributed by atoms with Gasteiger partial charge >= 0.3 is 6.18 Å².